The molecule has 104 valence electrons. The van der Waals surface area contributed by atoms with Crippen LogP contribution in [0.15, 0.2) is 11.6 Å². The van der Waals surface area contributed by atoms with E-state index < -0.39 is 11.6 Å². The number of methoxy groups -OCH3 is 1. The minimum Gasteiger partial charge on any atom is -0.496 e. The van der Waals surface area contributed by atoms with Crippen LogP contribution in [0, 0.1) is 6.92 Å². The number of hydrogen-bond acceptors (Lipinski definition) is 4. The van der Waals surface area contributed by atoms with Gasteiger partial charge in [-0.25, -0.2) is 0 Å². The lowest BCUT2D eigenvalue weighted by Gasteiger charge is -2.32. The molecule has 0 spiro atoms. The predicted molar refractivity (Wildman–Crippen MR) is 74.0 cm³/mol. The van der Waals surface area contributed by atoms with E-state index in [4.69, 9.17) is 9.47 Å². The summed E-state index contributed by atoms with van der Waals surface area (Å²) < 4.78 is 11.2. The van der Waals surface area contributed by atoms with Crippen LogP contribution in [0.4, 0.5) is 0 Å². The number of hydrogen-bond donors (Lipinski definition) is 0. The van der Waals surface area contributed by atoms with Crippen LogP contribution >= 0.6 is 0 Å². The van der Waals surface area contributed by atoms with Crippen molar-refractivity contribution in [3.63, 3.8) is 0 Å². The molecule has 1 unspecified atom stereocenters. The van der Waals surface area contributed by atoms with Crippen LogP contribution < -0.4 is 4.74 Å². The van der Waals surface area contributed by atoms with Crippen molar-refractivity contribution in [2.24, 2.45) is 0 Å². The maximum atomic E-state index is 12.3. The van der Waals surface area contributed by atoms with Gasteiger partial charge in [0.2, 0.25) is 11.6 Å². The second kappa shape index (κ2) is 4.20. The number of ether oxygens (including phenoxy) is 2. The van der Waals surface area contributed by atoms with Gasteiger partial charge in [0.15, 0.2) is 0 Å². The summed E-state index contributed by atoms with van der Waals surface area (Å²) in [6.45, 7) is 5.98. The monoisotopic (exact) mass is 272 g/mol. The normalized spacial score (nSPS) is 20.7. The molecule has 0 radical (unpaired) electrons. The average Bonchev–Trinajstić information content (AvgIpc) is 2.43. The Kier molecular flexibility index (Phi) is 2.71. The first-order valence-electron chi connectivity index (χ1n) is 6.62. The van der Waals surface area contributed by atoms with Crippen molar-refractivity contribution in [1.82, 2.24) is 0 Å². The summed E-state index contributed by atoms with van der Waals surface area (Å²) in [4.78, 5) is 24.4. The van der Waals surface area contributed by atoms with E-state index in [1.54, 1.807) is 14.0 Å². The van der Waals surface area contributed by atoms with E-state index in [0.717, 1.165) is 22.4 Å². The Morgan fingerprint density at radius 1 is 1.20 bits per heavy atom. The van der Waals surface area contributed by atoms with Crippen molar-refractivity contribution < 1.29 is 19.1 Å². The van der Waals surface area contributed by atoms with Gasteiger partial charge in [-0.1, -0.05) is 6.92 Å². The third-order valence-electron chi connectivity index (χ3n) is 4.06. The highest BCUT2D eigenvalue weighted by molar-refractivity contribution is 6.52. The first kappa shape index (κ1) is 12.9. The minimum absolute atomic E-state index is 0.122. The minimum atomic E-state index is -0.471. The van der Waals surface area contributed by atoms with Gasteiger partial charge in [0.25, 0.3) is 0 Å². The number of ketones is 2. The van der Waals surface area contributed by atoms with Gasteiger partial charge >= 0.3 is 0 Å². The van der Waals surface area contributed by atoms with Gasteiger partial charge in [-0.3, -0.25) is 9.59 Å². The van der Waals surface area contributed by atoms with Crippen molar-refractivity contribution in [2.75, 3.05) is 13.7 Å². The number of carbonyl (C=O) groups is 2. The summed E-state index contributed by atoms with van der Waals surface area (Å²) in [6.07, 6.45) is 0. The highest BCUT2D eigenvalue weighted by Gasteiger charge is 2.39. The number of carbonyl (C=O) groups excluding carboxylic acids is 2. The summed E-state index contributed by atoms with van der Waals surface area (Å²) in [5, 5.41) is 0. The summed E-state index contributed by atoms with van der Waals surface area (Å²) in [7, 11) is 1.62. The molecule has 1 aromatic carbocycles. The largest absolute Gasteiger partial charge is 0.496 e. The molecule has 0 saturated heterocycles. The number of benzene rings is 1. The van der Waals surface area contributed by atoms with Gasteiger partial charge in [0.1, 0.15) is 11.5 Å². The van der Waals surface area contributed by atoms with Crippen LogP contribution in [0.2, 0.25) is 0 Å². The molecule has 0 saturated carbocycles. The Labute approximate surface area is 117 Å². The Balaban J connectivity index is 2.47. The number of allylic oxidation sites excluding steroid dienone is 1. The molecule has 20 heavy (non-hydrogen) atoms. The molecule has 0 amide bonds. The van der Waals surface area contributed by atoms with Gasteiger partial charge in [0.05, 0.1) is 13.7 Å². The molecular weight excluding hydrogens is 256 g/mol. The van der Waals surface area contributed by atoms with E-state index in [1.807, 2.05) is 19.9 Å². The quantitative estimate of drug-likeness (QED) is 0.737. The van der Waals surface area contributed by atoms with Crippen molar-refractivity contribution in [2.45, 2.75) is 26.7 Å². The summed E-state index contributed by atoms with van der Waals surface area (Å²) in [5.74, 6) is 0.502. The topological polar surface area (TPSA) is 52.6 Å². The van der Waals surface area contributed by atoms with E-state index in [2.05, 4.69) is 0 Å². The molecule has 3 rings (SSSR count). The molecule has 2 aliphatic rings. The van der Waals surface area contributed by atoms with Crippen molar-refractivity contribution in [1.29, 1.82) is 0 Å². The second-order valence-corrected chi connectivity index (χ2v) is 5.38. The lowest BCUT2D eigenvalue weighted by atomic mass is 9.79. The van der Waals surface area contributed by atoms with Crippen molar-refractivity contribution in [3.05, 3.63) is 33.9 Å². The van der Waals surface area contributed by atoms with Crippen molar-refractivity contribution in [3.8, 4) is 5.75 Å². The molecule has 1 aromatic rings. The lowest BCUT2D eigenvalue weighted by molar-refractivity contribution is -0.112. The fourth-order valence-corrected chi connectivity index (χ4v) is 3.03. The summed E-state index contributed by atoms with van der Waals surface area (Å²) in [5.41, 5.74) is 3.33. The van der Waals surface area contributed by atoms with Crippen LogP contribution in [0.25, 0.3) is 5.76 Å². The third-order valence-corrected chi connectivity index (χ3v) is 4.06. The zero-order chi connectivity index (χ0) is 14.6. The van der Waals surface area contributed by atoms with E-state index in [-0.39, 0.29) is 5.92 Å². The highest BCUT2D eigenvalue weighted by Crippen LogP contribution is 2.45. The molecule has 1 aliphatic heterocycles. The number of rotatable bonds is 1. The molecular formula is C16H16O4. The standard InChI is InChI=1S/C16H16O4/c1-7-5-10(19-4)11-8(2)6-20-16-9(3)14(17)15(18)12(7)13(11)16/h5,8H,6H2,1-4H3. The molecule has 4 nitrogen and oxygen atoms in total. The zero-order valence-electron chi connectivity index (χ0n) is 12.0. The molecule has 0 aromatic heterocycles. The molecule has 1 heterocycles. The van der Waals surface area contributed by atoms with E-state index in [0.29, 0.717) is 23.5 Å². The average molecular weight is 272 g/mol. The second-order valence-electron chi connectivity index (χ2n) is 5.38. The van der Waals surface area contributed by atoms with Gasteiger partial charge in [0, 0.05) is 28.2 Å². The maximum absolute atomic E-state index is 12.3. The molecule has 1 aliphatic carbocycles. The zero-order valence-corrected chi connectivity index (χ0v) is 12.0. The maximum Gasteiger partial charge on any atom is 0.234 e. The predicted octanol–water partition coefficient (Wildman–Crippen LogP) is 2.63. The molecule has 0 N–H and O–H groups in total. The number of Topliss-reactive ketones (excluding diaryl/α,β-unsaturated/α-hetero) is 2. The molecule has 4 heteroatoms. The summed E-state index contributed by atoms with van der Waals surface area (Å²) >= 11 is 0. The van der Waals surface area contributed by atoms with E-state index in [1.165, 1.54) is 0 Å². The van der Waals surface area contributed by atoms with E-state index in [9.17, 15) is 9.59 Å². The molecule has 0 bridgehead atoms. The lowest BCUT2D eigenvalue weighted by Crippen LogP contribution is -2.29. The smallest absolute Gasteiger partial charge is 0.234 e. The Bertz CT molecular complexity index is 682. The summed E-state index contributed by atoms with van der Waals surface area (Å²) in [6, 6.07) is 1.83. The van der Waals surface area contributed by atoms with Crippen LogP contribution in [0.3, 0.4) is 0 Å². The first-order valence-corrected chi connectivity index (χ1v) is 6.62. The molecule has 1 atom stereocenters. The Morgan fingerprint density at radius 2 is 1.90 bits per heavy atom. The van der Waals surface area contributed by atoms with E-state index >= 15 is 0 Å². The fraction of sp³-hybridized carbons (Fsp3) is 0.375. The van der Waals surface area contributed by atoms with Crippen LogP contribution in [0.1, 0.15) is 46.8 Å². The Hall–Kier alpha value is -2.10. The SMILES string of the molecule is COc1cc(C)c2c3c1C(C)COC3=C(C)C(=O)C2=O. The number of aryl methyl sites for hydroxylation is 1. The van der Waals surface area contributed by atoms with Crippen molar-refractivity contribution >= 4 is 17.3 Å². The first-order chi connectivity index (χ1) is 9.47. The third kappa shape index (κ3) is 1.48. The molecule has 0 fully saturated rings. The van der Waals surface area contributed by atoms with Gasteiger partial charge < -0.3 is 9.47 Å². The Morgan fingerprint density at radius 3 is 2.55 bits per heavy atom. The van der Waals surface area contributed by atoms with Gasteiger partial charge in [-0.15, -0.1) is 0 Å². The van der Waals surface area contributed by atoms with Gasteiger partial charge in [-0.2, -0.15) is 0 Å². The van der Waals surface area contributed by atoms with Gasteiger partial charge in [-0.05, 0) is 25.5 Å². The van der Waals surface area contributed by atoms with Crippen LogP contribution in [-0.4, -0.2) is 25.3 Å². The highest BCUT2D eigenvalue weighted by atomic mass is 16.5. The van der Waals surface area contributed by atoms with Crippen LogP contribution in [-0.2, 0) is 9.53 Å². The fourth-order valence-electron chi connectivity index (χ4n) is 3.03. The van der Waals surface area contributed by atoms with Crippen LogP contribution in [0.5, 0.6) is 5.75 Å².